The number of halogens is 1. The molecule has 128 valence electrons. The molecule has 25 heavy (non-hydrogen) atoms. The van der Waals surface area contributed by atoms with Gasteiger partial charge in [-0.15, -0.1) is 0 Å². The van der Waals surface area contributed by atoms with E-state index >= 15 is 0 Å². The Morgan fingerprint density at radius 1 is 1.16 bits per heavy atom. The number of nitrogens with zero attached hydrogens (tertiary/aromatic N) is 1. The van der Waals surface area contributed by atoms with Gasteiger partial charge in [-0.25, -0.2) is 4.39 Å². The highest BCUT2D eigenvalue weighted by Crippen LogP contribution is 2.29. The highest BCUT2D eigenvalue weighted by atomic mass is 19.1. The van der Waals surface area contributed by atoms with Crippen molar-refractivity contribution < 1.29 is 9.18 Å². The van der Waals surface area contributed by atoms with Gasteiger partial charge in [-0.2, -0.15) is 0 Å². The fourth-order valence-electron chi connectivity index (χ4n) is 3.69. The maximum Gasteiger partial charge on any atom is 0.227 e. The zero-order chi connectivity index (χ0) is 17.2. The Kier molecular flexibility index (Phi) is 4.26. The van der Waals surface area contributed by atoms with Crippen LogP contribution >= 0.6 is 0 Å². The van der Waals surface area contributed by atoms with Crippen LogP contribution in [0.15, 0.2) is 54.6 Å². The first kappa shape index (κ1) is 15.9. The van der Waals surface area contributed by atoms with E-state index in [0.717, 1.165) is 24.9 Å². The van der Waals surface area contributed by atoms with Crippen molar-refractivity contribution in [2.75, 3.05) is 13.1 Å². The molecule has 3 nitrogen and oxygen atoms in total. The topological polar surface area (TPSA) is 36.1 Å². The number of aromatic nitrogens is 1. The van der Waals surface area contributed by atoms with Crippen molar-refractivity contribution in [3.63, 3.8) is 0 Å². The van der Waals surface area contributed by atoms with Gasteiger partial charge in [0, 0.05) is 30.2 Å². The van der Waals surface area contributed by atoms with E-state index in [0.29, 0.717) is 18.0 Å². The smallest absolute Gasteiger partial charge is 0.227 e. The number of fused-ring (bicyclic) bond motifs is 1. The molecule has 0 radical (unpaired) electrons. The molecule has 1 aliphatic rings. The second-order valence-corrected chi connectivity index (χ2v) is 6.76. The summed E-state index contributed by atoms with van der Waals surface area (Å²) in [6.45, 7) is 1.45. The monoisotopic (exact) mass is 336 g/mol. The lowest BCUT2D eigenvalue weighted by atomic mass is 9.94. The van der Waals surface area contributed by atoms with Gasteiger partial charge in [-0.1, -0.05) is 36.4 Å². The summed E-state index contributed by atoms with van der Waals surface area (Å²) >= 11 is 0. The van der Waals surface area contributed by atoms with Crippen LogP contribution in [-0.4, -0.2) is 28.9 Å². The van der Waals surface area contributed by atoms with Gasteiger partial charge in [0.25, 0.3) is 0 Å². The van der Waals surface area contributed by atoms with Gasteiger partial charge in [0.2, 0.25) is 5.91 Å². The maximum absolute atomic E-state index is 13.8. The largest absolute Gasteiger partial charge is 0.358 e. The normalized spacial score (nSPS) is 17.8. The van der Waals surface area contributed by atoms with Crippen molar-refractivity contribution in [2.45, 2.75) is 25.2 Å². The van der Waals surface area contributed by atoms with Crippen LogP contribution in [0.25, 0.3) is 10.9 Å². The number of amides is 1. The standard InChI is InChI=1S/C21H21FN2O/c22-18-9-3-1-6-15(18)13-21(25)24-11-5-8-17(14-24)20-12-16-7-2-4-10-19(16)23-20/h1-4,6-7,9-10,12,17,23H,5,8,11,13-14H2. The van der Waals surface area contributed by atoms with Gasteiger partial charge < -0.3 is 9.88 Å². The molecule has 1 amide bonds. The summed E-state index contributed by atoms with van der Waals surface area (Å²) in [6.07, 6.45) is 2.17. The van der Waals surface area contributed by atoms with E-state index in [1.54, 1.807) is 18.2 Å². The molecule has 2 heterocycles. The highest BCUT2D eigenvalue weighted by Gasteiger charge is 2.26. The lowest BCUT2D eigenvalue weighted by molar-refractivity contribution is -0.131. The number of carbonyl (C=O) groups excluding carboxylic acids is 1. The third-order valence-corrected chi connectivity index (χ3v) is 5.06. The van der Waals surface area contributed by atoms with Gasteiger partial charge >= 0.3 is 0 Å². The Labute approximate surface area is 146 Å². The third kappa shape index (κ3) is 3.29. The summed E-state index contributed by atoms with van der Waals surface area (Å²) in [6, 6.07) is 16.9. The number of carbonyl (C=O) groups is 1. The fraction of sp³-hybridized carbons (Fsp3) is 0.286. The highest BCUT2D eigenvalue weighted by molar-refractivity contribution is 5.81. The van der Waals surface area contributed by atoms with Gasteiger partial charge in [-0.3, -0.25) is 4.79 Å². The van der Waals surface area contributed by atoms with E-state index < -0.39 is 0 Å². The van der Waals surface area contributed by atoms with Crippen LogP contribution in [-0.2, 0) is 11.2 Å². The van der Waals surface area contributed by atoms with Crippen LogP contribution in [0.3, 0.4) is 0 Å². The lowest BCUT2D eigenvalue weighted by Gasteiger charge is -2.32. The average Bonchev–Trinajstić information content (AvgIpc) is 3.08. The fourth-order valence-corrected chi connectivity index (χ4v) is 3.69. The van der Waals surface area contributed by atoms with Crippen LogP contribution in [0, 0.1) is 5.82 Å². The maximum atomic E-state index is 13.8. The van der Waals surface area contributed by atoms with Crippen molar-refractivity contribution in [3.8, 4) is 0 Å². The molecule has 0 saturated carbocycles. The molecule has 3 aromatic rings. The first-order chi connectivity index (χ1) is 12.2. The minimum Gasteiger partial charge on any atom is -0.358 e. The molecule has 1 unspecified atom stereocenters. The number of aromatic amines is 1. The molecule has 0 bridgehead atoms. The second kappa shape index (κ2) is 6.71. The molecule has 2 aromatic carbocycles. The Hall–Kier alpha value is -2.62. The van der Waals surface area contributed by atoms with Crippen LogP contribution < -0.4 is 0 Å². The predicted octanol–water partition coefficient (Wildman–Crippen LogP) is 4.26. The van der Waals surface area contributed by atoms with Crippen molar-refractivity contribution in [1.82, 2.24) is 9.88 Å². The van der Waals surface area contributed by atoms with Crippen molar-refractivity contribution in [1.29, 1.82) is 0 Å². The minimum atomic E-state index is -0.306. The average molecular weight is 336 g/mol. The Morgan fingerprint density at radius 3 is 2.80 bits per heavy atom. The van der Waals surface area contributed by atoms with Gasteiger partial charge in [-0.05, 0) is 42.0 Å². The minimum absolute atomic E-state index is 0.00547. The van der Waals surface area contributed by atoms with Crippen LogP contribution in [0.1, 0.15) is 30.0 Å². The molecule has 1 aliphatic heterocycles. The molecule has 1 aromatic heterocycles. The van der Waals surface area contributed by atoms with E-state index in [2.05, 4.69) is 23.2 Å². The summed E-state index contributed by atoms with van der Waals surface area (Å²) in [5, 5.41) is 1.20. The molecule has 1 N–H and O–H groups in total. The van der Waals surface area contributed by atoms with E-state index in [1.807, 2.05) is 17.0 Å². The predicted molar refractivity (Wildman–Crippen MR) is 97.0 cm³/mol. The van der Waals surface area contributed by atoms with E-state index in [-0.39, 0.29) is 18.1 Å². The molecule has 1 saturated heterocycles. The molecular weight excluding hydrogens is 315 g/mol. The summed E-state index contributed by atoms with van der Waals surface area (Å²) in [5.41, 5.74) is 2.79. The second-order valence-electron chi connectivity index (χ2n) is 6.76. The Bertz CT molecular complexity index is 869. The quantitative estimate of drug-likeness (QED) is 0.762. The van der Waals surface area contributed by atoms with Gasteiger partial charge in [0.15, 0.2) is 0 Å². The lowest BCUT2D eigenvalue weighted by Crippen LogP contribution is -2.40. The SMILES string of the molecule is O=C(Cc1ccccc1F)N1CCCC(c2cc3ccccc3[nH]2)C1. The summed E-state index contributed by atoms with van der Waals surface area (Å²) in [4.78, 5) is 18.0. The summed E-state index contributed by atoms with van der Waals surface area (Å²) < 4.78 is 13.8. The van der Waals surface area contributed by atoms with Crippen LogP contribution in [0.4, 0.5) is 4.39 Å². The van der Waals surface area contributed by atoms with Crippen LogP contribution in [0.2, 0.25) is 0 Å². The number of rotatable bonds is 3. The molecule has 4 heteroatoms. The van der Waals surface area contributed by atoms with E-state index in [9.17, 15) is 9.18 Å². The van der Waals surface area contributed by atoms with E-state index in [1.165, 1.54) is 17.1 Å². The Morgan fingerprint density at radius 2 is 1.96 bits per heavy atom. The summed E-state index contributed by atoms with van der Waals surface area (Å²) in [7, 11) is 0. The molecule has 1 atom stereocenters. The molecule has 0 spiro atoms. The third-order valence-electron chi connectivity index (χ3n) is 5.06. The number of benzene rings is 2. The number of para-hydroxylation sites is 1. The molecule has 4 rings (SSSR count). The van der Waals surface area contributed by atoms with Crippen molar-refractivity contribution in [3.05, 3.63) is 71.7 Å². The van der Waals surface area contributed by atoms with Crippen molar-refractivity contribution in [2.24, 2.45) is 0 Å². The first-order valence-electron chi connectivity index (χ1n) is 8.79. The number of piperidine rings is 1. The Balaban J connectivity index is 1.48. The first-order valence-corrected chi connectivity index (χ1v) is 8.79. The number of H-pyrrole nitrogens is 1. The van der Waals surface area contributed by atoms with Crippen LogP contribution in [0.5, 0.6) is 0 Å². The number of hydrogen-bond acceptors (Lipinski definition) is 1. The number of likely N-dealkylation sites (tertiary alicyclic amines) is 1. The summed E-state index contributed by atoms with van der Waals surface area (Å²) in [5.74, 6) is 0.0108. The molecule has 0 aliphatic carbocycles. The molecule has 1 fully saturated rings. The zero-order valence-electron chi connectivity index (χ0n) is 14.0. The van der Waals surface area contributed by atoms with E-state index in [4.69, 9.17) is 0 Å². The number of nitrogens with one attached hydrogen (secondary N) is 1. The number of hydrogen-bond donors (Lipinski definition) is 1. The zero-order valence-corrected chi connectivity index (χ0v) is 14.0. The van der Waals surface area contributed by atoms with Gasteiger partial charge in [0.1, 0.15) is 5.82 Å². The van der Waals surface area contributed by atoms with Gasteiger partial charge in [0.05, 0.1) is 6.42 Å². The molecular formula is C21H21FN2O. The van der Waals surface area contributed by atoms with Crippen molar-refractivity contribution >= 4 is 16.8 Å².